The second-order valence-electron chi connectivity index (χ2n) is 6.55. The van der Waals surface area contributed by atoms with Crippen molar-refractivity contribution < 1.29 is 0 Å². The molecule has 0 atom stereocenters. The summed E-state index contributed by atoms with van der Waals surface area (Å²) in [5.74, 6) is 0. The normalized spacial score (nSPS) is 13.1. The number of allylic oxidation sites excluding steroid dienone is 3. The molecule has 6 heteroatoms. The van der Waals surface area contributed by atoms with Gasteiger partial charge in [0.2, 0.25) is 0 Å². The average molecular weight is 409 g/mol. The molecule has 28 heavy (non-hydrogen) atoms. The topological polar surface area (TPSA) is 30.5 Å². The maximum atomic E-state index is 5.58. The second-order valence-corrected chi connectivity index (χ2v) is 7.33. The van der Waals surface area contributed by atoms with E-state index in [4.69, 9.17) is 24.4 Å². The fourth-order valence-electron chi connectivity index (χ4n) is 2.93. The van der Waals surface area contributed by atoms with E-state index in [2.05, 4.69) is 23.0 Å². The Bertz CT molecular complexity index is 891. The van der Waals surface area contributed by atoms with Crippen LogP contribution in [-0.4, -0.2) is 34.1 Å². The Morgan fingerprint density at radius 3 is 1.82 bits per heavy atom. The molecule has 0 bridgehead atoms. The summed E-state index contributed by atoms with van der Waals surface area (Å²) in [6.45, 7) is 0. The first kappa shape index (κ1) is 20.0. The van der Waals surface area contributed by atoms with Crippen molar-refractivity contribution in [2.24, 2.45) is 0 Å². The minimum atomic E-state index is 0.748. The molecule has 0 heterocycles. The van der Waals surface area contributed by atoms with Crippen LogP contribution in [0.15, 0.2) is 84.2 Å². The van der Waals surface area contributed by atoms with E-state index >= 15 is 0 Å². The third kappa shape index (κ3) is 5.18. The summed E-state index contributed by atoms with van der Waals surface area (Å²) in [5, 5.41) is 3.76. The van der Waals surface area contributed by atoms with Gasteiger partial charge in [-0.1, -0.05) is 91.2 Å². The second kappa shape index (κ2) is 9.48. The van der Waals surface area contributed by atoms with E-state index in [-0.39, 0.29) is 0 Å². The first-order valence-corrected chi connectivity index (χ1v) is 9.96. The van der Waals surface area contributed by atoms with E-state index in [1.54, 1.807) is 0 Å². The highest BCUT2D eigenvalue weighted by Crippen LogP contribution is 2.15. The first-order valence-electron chi connectivity index (χ1n) is 9.15. The van der Waals surface area contributed by atoms with Crippen LogP contribution in [0.1, 0.15) is 24.0 Å². The van der Waals surface area contributed by atoms with Gasteiger partial charge in [0.1, 0.15) is 9.98 Å². The standard InChI is InChI=1S/C22H24N4S2/c1-25(21(27)17-10-5-3-6-11-17)23-19-14-9-15-20(16-19)24-26(2)22(28)18-12-7-4-8-13-18/h3-8,10-14,16,23-24H,9,15H2,1-2H3. The zero-order chi connectivity index (χ0) is 19.9. The Labute approximate surface area is 177 Å². The lowest BCUT2D eigenvalue weighted by Crippen LogP contribution is -2.40. The fourth-order valence-corrected chi connectivity index (χ4v) is 3.29. The van der Waals surface area contributed by atoms with Gasteiger partial charge < -0.3 is 5.43 Å². The SMILES string of the molecule is CN(NC1=CCCC(NN(C)C(=S)c2ccccc2)=C1)C(=S)c1ccccc1. The van der Waals surface area contributed by atoms with Gasteiger partial charge in [-0.2, -0.15) is 0 Å². The van der Waals surface area contributed by atoms with E-state index in [1.165, 1.54) is 0 Å². The van der Waals surface area contributed by atoms with E-state index in [9.17, 15) is 0 Å². The van der Waals surface area contributed by atoms with E-state index in [1.807, 2.05) is 84.8 Å². The number of hydrogen-bond acceptors (Lipinski definition) is 4. The zero-order valence-corrected chi connectivity index (χ0v) is 17.7. The molecule has 2 aromatic rings. The summed E-state index contributed by atoms with van der Waals surface area (Å²) < 4.78 is 0. The van der Waals surface area contributed by atoms with Crippen LogP contribution in [0.4, 0.5) is 0 Å². The number of nitrogens with zero attached hydrogens (tertiary/aromatic N) is 2. The summed E-state index contributed by atoms with van der Waals surface area (Å²) in [6.07, 6.45) is 6.14. The molecule has 2 N–H and O–H groups in total. The van der Waals surface area contributed by atoms with E-state index in [0.29, 0.717) is 0 Å². The summed E-state index contributed by atoms with van der Waals surface area (Å²) in [6, 6.07) is 20.0. The molecule has 1 aliphatic carbocycles. The van der Waals surface area contributed by atoms with Crippen molar-refractivity contribution in [3.8, 4) is 0 Å². The molecular weight excluding hydrogens is 384 g/mol. The van der Waals surface area contributed by atoms with Gasteiger partial charge in [-0.05, 0) is 18.9 Å². The van der Waals surface area contributed by atoms with Crippen LogP contribution in [0.25, 0.3) is 0 Å². The van der Waals surface area contributed by atoms with Gasteiger partial charge in [-0.15, -0.1) is 0 Å². The highest BCUT2D eigenvalue weighted by atomic mass is 32.1. The lowest BCUT2D eigenvalue weighted by Gasteiger charge is -2.28. The number of nitrogens with one attached hydrogen (secondary N) is 2. The quantitative estimate of drug-likeness (QED) is 0.551. The van der Waals surface area contributed by atoms with Crippen LogP contribution in [0, 0.1) is 0 Å². The molecule has 144 valence electrons. The minimum Gasteiger partial charge on any atom is -0.302 e. The molecular formula is C22H24N4S2. The number of rotatable bonds is 6. The van der Waals surface area contributed by atoms with Crippen LogP contribution in [0.2, 0.25) is 0 Å². The molecule has 2 aromatic carbocycles. The van der Waals surface area contributed by atoms with Crippen molar-refractivity contribution in [1.29, 1.82) is 0 Å². The Kier molecular flexibility index (Phi) is 6.79. The maximum Gasteiger partial charge on any atom is 0.127 e. The van der Waals surface area contributed by atoms with Gasteiger partial charge in [0.25, 0.3) is 0 Å². The van der Waals surface area contributed by atoms with E-state index < -0.39 is 0 Å². The average Bonchev–Trinajstić information content (AvgIpc) is 2.74. The molecule has 0 amide bonds. The molecule has 0 aliphatic heterocycles. The minimum absolute atomic E-state index is 0.748. The van der Waals surface area contributed by atoms with E-state index in [0.717, 1.165) is 45.3 Å². The Hall–Kier alpha value is -2.70. The highest BCUT2D eigenvalue weighted by Gasteiger charge is 2.13. The van der Waals surface area contributed by atoms with Crippen molar-refractivity contribution in [2.75, 3.05) is 14.1 Å². The zero-order valence-electron chi connectivity index (χ0n) is 16.1. The third-order valence-corrected chi connectivity index (χ3v) is 5.39. The molecule has 4 nitrogen and oxygen atoms in total. The Morgan fingerprint density at radius 1 is 0.786 bits per heavy atom. The third-order valence-electron chi connectivity index (χ3n) is 4.37. The largest absolute Gasteiger partial charge is 0.302 e. The molecule has 0 aromatic heterocycles. The van der Waals surface area contributed by atoms with Crippen molar-refractivity contribution in [3.05, 3.63) is 95.3 Å². The molecule has 0 fully saturated rings. The highest BCUT2D eigenvalue weighted by molar-refractivity contribution is 7.80. The van der Waals surface area contributed by atoms with Crippen molar-refractivity contribution in [3.63, 3.8) is 0 Å². The molecule has 0 radical (unpaired) electrons. The molecule has 0 saturated carbocycles. The Morgan fingerprint density at radius 2 is 1.29 bits per heavy atom. The van der Waals surface area contributed by atoms with Crippen LogP contribution in [0.3, 0.4) is 0 Å². The molecule has 0 unspecified atom stereocenters. The summed E-state index contributed by atoms with van der Waals surface area (Å²) >= 11 is 11.2. The number of thiocarbonyl (C=S) groups is 2. The van der Waals surface area contributed by atoms with Crippen LogP contribution >= 0.6 is 24.4 Å². The number of hydrazine groups is 2. The number of benzene rings is 2. The lowest BCUT2D eigenvalue weighted by atomic mass is 10.1. The number of hydrogen-bond donors (Lipinski definition) is 2. The van der Waals surface area contributed by atoms with Crippen molar-refractivity contribution in [1.82, 2.24) is 20.9 Å². The van der Waals surface area contributed by atoms with Crippen LogP contribution in [-0.2, 0) is 0 Å². The van der Waals surface area contributed by atoms with Gasteiger partial charge in [0.15, 0.2) is 0 Å². The predicted molar refractivity (Wildman–Crippen MR) is 123 cm³/mol. The monoisotopic (exact) mass is 408 g/mol. The fraction of sp³-hybridized carbons (Fsp3) is 0.182. The van der Waals surface area contributed by atoms with Gasteiger partial charge in [0, 0.05) is 30.9 Å². The molecule has 0 saturated heterocycles. The van der Waals surface area contributed by atoms with Crippen molar-refractivity contribution in [2.45, 2.75) is 12.8 Å². The summed E-state index contributed by atoms with van der Waals surface area (Å²) in [5.41, 5.74) is 10.9. The predicted octanol–water partition coefficient (Wildman–Crippen LogP) is 4.17. The van der Waals surface area contributed by atoms with Gasteiger partial charge in [-0.3, -0.25) is 15.4 Å². The van der Waals surface area contributed by atoms with Crippen LogP contribution < -0.4 is 10.9 Å². The summed E-state index contributed by atoms with van der Waals surface area (Å²) in [7, 11) is 3.88. The van der Waals surface area contributed by atoms with Crippen molar-refractivity contribution >= 4 is 34.4 Å². The first-order chi connectivity index (χ1) is 13.5. The summed E-state index contributed by atoms with van der Waals surface area (Å²) in [4.78, 5) is 1.50. The van der Waals surface area contributed by atoms with Gasteiger partial charge in [0.05, 0.1) is 5.70 Å². The van der Waals surface area contributed by atoms with Gasteiger partial charge >= 0.3 is 0 Å². The maximum absolute atomic E-state index is 5.58. The molecule has 1 aliphatic rings. The molecule has 0 spiro atoms. The lowest BCUT2D eigenvalue weighted by molar-refractivity contribution is 0.402. The molecule has 3 rings (SSSR count). The van der Waals surface area contributed by atoms with Gasteiger partial charge in [-0.25, -0.2) is 0 Å². The Balaban J connectivity index is 1.61. The smallest absolute Gasteiger partial charge is 0.127 e. The van der Waals surface area contributed by atoms with Crippen LogP contribution in [0.5, 0.6) is 0 Å².